The van der Waals surface area contributed by atoms with Crippen molar-refractivity contribution < 1.29 is 18.7 Å². The summed E-state index contributed by atoms with van der Waals surface area (Å²) in [5, 5.41) is 2.73. The minimum atomic E-state index is -0.658. The molecule has 2 rings (SSSR count). The van der Waals surface area contributed by atoms with E-state index < -0.39 is 12.0 Å². The molecule has 130 valence electrons. The van der Waals surface area contributed by atoms with Crippen LogP contribution in [0.2, 0.25) is 0 Å². The monoisotopic (exact) mass is 350 g/mol. The highest BCUT2D eigenvalue weighted by Crippen LogP contribution is 2.22. The SMILES string of the molecule is COC(=O)[C@@H](CCSC)NC(=O)c1ccc2oc(C(C)C)nc2c1. The number of thioether (sulfide) groups is 1. The zero-order valence-corrected chi connectivity index (χ0v) is 15.1. The predicted octanol–water partition coefficient (Wildman–Crippen LogP) is 2.98. The standard InChI is InChI=1S/C17H22N2O4S/c1-10(2)16-19-13-9-11(5-6-14(13)23-16)15(20)18-12(7-8-24-4)17(21)22-3/h5-6,9-10,12H,7-8H2,1-4H3,(H,18,20)/t12-/m1/s1. The van der Waals surface area contributed by atoms with Gasteiger partial charge in [-0.1, -0.05) is 13.8 Å². The molecule has 24 heavy (non-hydrogen) atoms. The lowest BCUT2D eigenvalue weighted by Crippen LogP contribution is -2.41. The minimum Gasteiger partial charge on any atom is -0.467 e. The van der Waals surface area contributed by atoms with Gasteiger partial charge < -0.3 is 14.5 Å². The Morgan fingerprint density at radius 2 is 2.12 bits per heavy atom. The van der Waals surface area contributed by atoms with Gasteiger partial charge in [0.05, 0.1) is 7.11 Å². The molecule has 2 aromatic rings. The average Bonchev–Trinajstić information content (AvgIpc) is 3.01. The summed E-state index contributed by atoms with van der Waals surface area (Å²) in [6.45, 7) is 3.98. The van der Waals surface area contributed by atoms with Crippen molar-refractivity contribution in [3.8, 4) is 0 Å². The molecule has 0 unspecified atom stereocenters. The van der Waals surface area contributed by atoms with Crippen LogP contribution in [0.1, 0.15) is 42.4 Å². The number of carbonyl (C=O) groups is 2. The number of carbonyl (C=O) groups excluding carboxylic acids is 2. The molecule has 1 aromatic heterocycles. The molecule has 0 fully saturated rings. The van der Waals surface area contributed by atoms with Crippen LogP contribution in [0.5, 0.6) is 0 Å². The van der Waals surface area contributed by atoms with E-state index in [9.17, 15) is 9.59 Å². The topological polar surface area (TPSA) is 81.4 Å². The number of esters is 1. The molecule has 1 amide bonds. The van der Waals surface area contributed by atoms with Gasteiger partial charge in [-0.15, -0.1) is 0 Å². The first-order valence-electron chi connectivity index (χ1n) is 7.74. The van der Waals surface area contributed by atoms with Crippen LogP contribution < -0.4 is 5.32 Å². The van der Waals surface area contributed by atoms with Crippen LogP contribution in [0.25, 0.3) is 11.1 Å². The summed E-state index contributed by atoms with van der Waals surface area (Å²) in [7, 11) is 1.31. The van der Waals surface area contributed by atoms with Crippen LogP contribution >= 0.6 is 11.8 Å². The van der Waals surface area contributed by atoms with Crippen molar-refractivity contribution in [3.05, 3.63) is 29.7 Å². The van der Waals surface area contributed by atoms with Crippen molar-refractivity contribution >= 4 is 34.7 Å². The average molecular weight is 350 g/mol. The van der Waals surface area contributed by atoms with Gasteiger partial charge in [-0.3, -0.25) is 4.79 Å². The number of hydrogen-bond donors (Lipinski definition) is 1. The van der Waals surface area contributed by atoms with E-state index in [0.29, 0.717) is 29.0 Å². The maximum Gasteiger partial charge on any atom is 0.328 e. The van der Waals surface area contributed by atoms with Crippen molar-refractivity contribution in [2.75, 3.05) is 19.1 Å². The normalized spacial score (nSPS) is 12.4. The predicted molar refractivity (Wildman–Crippen MR) is 94.4 cm³/mol. The Bertz CT molecular complexity index is 726. The molecule has 1 heterocycles. The lowest BCUT2D eigenvalue weighted by molar-refractivity contribution is -0.142. The first-order chi connectivity index (χ1) is 11.5. The lowest BCUT2D eigenvalue weighted by Gasteiger charge is -2.15. The van der Waals surface area contributed by atoms with E-state index in [1.165, 1.54) is 7.11 Å². The number of nitrogens with zero attached hydrogens (tertiary/aromatic N) is 1. The van der Waals surface area contributed by atoms with Crippen molar-refractivity contribution in [3.63, 3.8) is 0 Å². The number of amides is 1. The van der Waals surface area contributed by atoms with Gasteiger partial charge in [0.2, 0.25) is 0 Å². The zero-order valence-electron chi connectivity index (χ0n) is 14.3. The third-order valence-corrected chi connectivity index (χ3v) is 4.21. The zero-order chi connectivity index (χ0) is 17.7. The van der Waals surface area contributed by atoms with Crippen LogP contribution in [-0.4, -0.2) is 42.0 Å². The molecule has 0 bridgehead atoms. The Morgan fingerprint density at radius 1 is 1.38 bits per heavy atom. The van der Waals surface area contributed by atoms with Crippen molar-refractivity contribution in [1.29, 1.82) is 0 Å². The van der Waals surface area contributed by atoms with E-state index in [2.05, 4.69) is 10.3 Å². The lowest BCUT2D eigenvalue weighted by atomic mass is 10.1. The van der Waals surface area contributed by atoms with E-state index in [1.807, 2.05) is 20.1 Å². The van der Waals surface area contributed by atoms with Gasteiger partial charge in [0.15, 0.2) is 11.5 Å². The molecular weight excluding hydrogens is 328 g/mol. The maximum atomic E-state index is 12.4. The number of rotatable bonds is 7. The molecular formula is C17H22N2O4S. The second-order valence-corrected chi connectivity index (χ2v) is 6.71. The highest BCUT2D eigenvalue weighted by molar-refractivity contribution is 7.98. The molecule has 1 aromatic carbocycles. The van der Waals surface area contributed by atoms with Gasteiger partial charge in [-0.2, -0.15) is 11.8 Å². The molecule has 0 aliphatic rings. The number of benzene rings is 1. The highest BCUT2D eigenvalue weighted by atomic mass is 32.2. The molecule has 0 radical (unpaired) electrons. The number of ether oxygens (including phenoxy) is 1. The molecule has 6 nitrogen and oxygen atoms in total. The number of hydrogen-bond acceptors (Lipinski definition) is 6. The summed E-state index contributed by atoms with van der Waals surface area (Å²) in [4.78, 5) is 28.6. The number of nitrogens with one attached hydrogen (secondary N) is 1. The summed E-state index contributed by atoms with van der Waals surface area (Å²) >= 11 is 1.61. The van der Waals surface area contributed by atoms with Crippen molar-refractivity contribution in [1.82, 2.24) is 10.3 Å². The van der Waals surface area contributed by atoms with E-state index in [4.69, 9.17) is 9.15 Å². The van der Waals surface area contributed by atoms with Crippen LogP contribution in [0.3, 0.4) is 0 Å². The van der Waals surface area contributed by atoms with Gasteiger partial charge in [0.25, 0.3) is 5.91 Å². The van der Waals surface area contributed by atoms with Crippen LogP contribution in [0, 0.1) is 0 Å². The third kappa shape index (κ3) is 4.29. The number of oxazole rings is 1. The fraction of sp³-hybridized carbons (Fsp3) is 0.471. The largest absolute Gasteiger partial charge is 0.467 e. The second-order valence-electron chi connectivity index (χ2n) is 5.72. The van der Waals surface area contributed by atoms with Crippen molar-refractivity contribution in [2.45, 2.75) is 32.2 Å². The molecule has 7 heteroatoms. The number of methoxy groups -OCH3 is 1. The minimum absolute atomic E-state index is 0.171. The van der Waals surface area contributed by atoms with E-state index in [0.717, 1.165) is 5.75 Å². The Balaban J connectivity index is 2.18. The van der Waals surface area contributed by atoms with Crippen LogP contribution in [0.4, 0.5) is 0 Å². The summed E-state index contributed by atoms with van der Waals surface area (Å²) < 4.78 is 10.4. The Hall–Kier alpha value is -2.02. The highest BCUT2D eigenvalue weighted by Gasteiger charge is 2.22. The third-order valence-electron chi connectivity index (χ3n) is 3.56. The first-order valence-corrected chi connectivity index (χ1v) is 9.13. The summed E-state index contributed by atoms with van der Waals surface area (Å²) in [6, 6.07) is 4.39. The molecule has 0 saturated heterocycles. The quantitative estimate of drug-likeness (QED) is 0.773. The van der Waals surface area contributed by atoms with E-state index >= 15 is 0 Å². The molecule has 1 atom stereocenters. The van der Waals surface area contributed by atoms with Gasteiger partial charge in [0.1, 0.15) is 11.6 Å². The van der Waals surface area contributed by atoms with Crippen LogP contribution in [0.15, 0.2) is 22.6 Å². The maximum absolute atomic E-state index is 12.4. The molecule has 0 saturated carbocycles. The Kier molecular flexibility index (Phi) is 6.25. The van der Waals surface area contributed by atoms with Crippen molar-refractivity contribution in [2.24, 2.45) is 0 Å². The molecule has 0 aliphatic carbocycles. The summed E-state index contributed by atoms with van der Waals surface area (Å²) in [5.74, 6) is 0.782. The molecule has 0 aliphatic heterocycles. The number of fused-ring (bicyclic) bond motifs is 1. The van der Waals surface area contributed by atoms with E-state index in [-0.39, 0.29) is 11.8 Å². The fourth-order valence-electron chi connectivity index (χ4n) is 2.20. The molecule has 1 N–H and O–H groups in total. The van der Waals surface area contributed by atoms with Gasteiger partial charge in [-0.05, 0) is 36.6 Å². The smallest absolute Gasteiger partial charge is 0.328 e. The summed E-state index contributed by atoms with van der Waals surface area (Å²) in [6.07, 6.45) is 2.46. The summed E-state index contributed by atoms with van der Waals surface area (Å²) in [5.41, 5.74) is 1.70. The van der Waals surface area contributed by atoms with E-state index in [1.54, 1.807) is 30.0 Å². The molecule has 0 spiro atoms. The van der Waals surface area contributed by atoms with Gasteiger partial charge in [-0.25, -0.2) is 9.78 Å². The Morgan fingerprint density at radius 3 is 2.75 bits per heavy atom. The Labute approximate surface area is 145 Å². The first kappa shape index (κ1) is 18.3. The second kappa shape index (κ2) is 8.19. The fourth-order valence-corrected chi connectivity index (χ4v) is 2.67. The van der Waals surface area contributed by atoms with Crippen LogP contribution in [-0.2, 0) is 9.53 Å². The van der Waals surface area contributed by atoms with Gasteiger partial charge >= 0.3 is 5.97 Å². The van der Waals surface area contributed by atoms with Gasteiger partial charge in [0, 0.05) is 11.5 Å². The number of aromatic nitrogens is 1.